The molecule has 0 radical (unpaired) electrons. The molecule has 0 spiro atoms. The largest absolute Gasteiger partial charge is 0.618 e. The molecule has 15 heteroatoms. The minimum atomic E-state index is -2.86. The number of aromatic nitrogens is 10. The molecule has 194 valence electrons. The molecule has 1 aliphatic rings. The van der Waals surface area contributed by atoms with Crippen LogP contribution in [0, 0.1) is 16.9 Å². The van der Waals surface area contributed by atoms with Crippen molar-refractivity contribution in [2.24, 2.45) is 5.92 Å². The highest BCUT2D eigenvalue weighted by Gasteiger charge is 2.32. The van der Waals surface area contributed by atoms with Crippen LogP contribution >= 0.6 is 11.6 Å². The van der Waals surface area contributed by atoms with Gasteiger partial charge in [-0.25, -0.2) is 4.39 Å². The van der Waals surface area contributed by atoms with Gasteiger partial charge in [0.25, 0.3) is 0 Å². The van der Waals surface area contributed by atoms with Gasteiger partial charge in [0.1, 0.15) is 12.4 Å². The van der Waals surface area contributed by atoms with Gasteiger partial charge in [0.15, 0.2) is 12.0 Å². The van der Waals surface area contributed by atoms with Gasteiger partial charge in [-0.2, -0.15) is 28.0 Å². The lowest BCUT2D eigenvalue weighted by molar-refractivity contribution is -0.615. The van der Waals surface area contributed by atoms with Gasteiger partial charge in [-0.15, -0.1) is 10.2 Å². The minimum absolute atomic E-state index is 0.0637. The molecule has 0 bridgehead atoms. The second kappa shape index (κ2) is 9.52. The second-order valence-electron chi connectivity index (χ2n) is 8.92. The van der Waals surface area contributed by atoms with E-state index in [1.807, 2.05) is 0 Å². The minimum Gasteiger partial charge on any atom is -0.618 e. The molecule has 4 aromatic heterocycles. The van der Waals surface area contributed by atoms with Crippen LogP contribution in [0.25, 0.3) is 28.1 Å². The summed E-state index contributed by atoms with van der Waals surface area (Å²) in [7, 11) is 0. The first-order valence-corrected chi connectivity index (χ1v) is 12.0. The van der Waals surface area contributed by atoms with Crippen molar-refractivity contribution in [3.63, 3.8) is 0 Å². The van der Waals surface area contributed by atoms with E-state index in [2.05, 4.69) is 30.9 Å². The monoisotopic (exact) mass is 542 g/mol. The van der Waals surface area contributed by atoms with Gasteiger partial charge in [0, 0.05) is 17.8 Å². The predicted molar refractivity (Wildman–Crippen MR) is 126 cm³/mol. The molecule has 0 aliphatic heterocycles. The van der Waals surface area contributed by atoms with Crippen LogP contribution < -0.4 is 4.73 Å². The highest BCUT2D eigenvalue weighted by atomic mass is 35.5. The van der Waals surface area contributed by atoms with Crippen molar-refractivity contribution >= 4 is 11.6 Å². The maximum absolute atomic E-state index is 15.2. The van der Waals surface area contributed by atoms with Crippen molar-refractivity contribution in [1.82, 2.24) is 45.0 Å². The molecule has 0 unspecified atom stereocenters. The van der Waals surface area contributed by atoms with Gasteiger partial charge in [-0.3, -0.25) is 4.68 Å². The number of hydrogen-bond donors (Lipinski definition) is 0. The third-order valence-corrected chi connectivity index (χ3v) is 6.76. The fourth-order valence-corrected chi connectivity index (χ4v) is 4.60. The van der Waals surface area contributed by atoms with Crippen LogP contribution in [0.2, 0.25) is 5.02 Å². The normalized spacial score (nSPS) is 14.3. The van der Waals surface area contributed by atoms with Crippen LogP contribution in [0.4, 0.5) is 13.2 Å². The highest BCUT2D eigenvalue weighted by Crippen LogP contribution is 2.39. The van der Waals surface area contributed by atoms with Crippen molar-refractivity contribution in [3.8, 4) is 28.1 Å². The number of pyridine rings is 1. The summed E-state index contributed by atoms with van der Waals surface area (Å²) in [5, 5.41) is 35.6. The van der Waals surface area contributed by atoms with E-state index < -0.39 is 18.4 Å². The van der Waals surface area contributed by atoms with E-state index in [1.54, 1.807) is 29.1 Å². The first kappa shape index (κ1) is 24.0. The summed E-state index contributed by atoms with van der Waals surface area (Å²) in [5.41, 5.74) is 1.49. The van der Waals surface area contributed by atoms with E-state index in [1.165, 1.54) is 35.7 Å². The molecule has 0 N–H and O–H groups in total. The Balaban J connectivity index is 1.39. The SMILES string of the molecule is [O-][n+]1cc(-c2c(-n3cnnn3)ccc(Cl)c2F)ccc1[C@@H](CC1CC1)n1cc(-c2cnnn2C(F)F)cn1. The van der Waals surface area contributed by atoms with Crippen LogP contribution in [0.1, 0.15) is 37.5 Å². The first-order valence-electron chi connectivity index (χ1n) is 11.6. The third kappa shape index (κ3) is 4.36. The quantitative estimate of drug-likeness (QED) is 0.215. The van der Waals surface area contributed by atoms with E-state index in [-0.39, 0.29) is 21.8 Å². The lowest BCUT2D eigenvalue weighted by Crippen LogP contribution is -2.35. The van der Waals surface area contributed by atoms with Crippen molar-refractivity contribution < 1.29 is 17.9 Å². The zero-order chi connectivity index (χ0) is 26.4. The molecule has 1 aromatic carbocycles. The summed E-state index contributed by atoms with van der Waals surface area (Å²) >= 11 is 6.05. The van der Waals surface area contributed by atoms with Crippen molar-refractivity contribution in [2.75, 3.05) is 0 Å². The third-order valence-electron chi connectivity index (χ3n) is 6.47. The van der Waals surface area contributed by atoms with Crippen LogP contribution in [0.15, 0.2) is 55.4 Å². The van der Waals surface area contributed by atoms with Crippen LogP contribution in [0.3, 0.4) is 0 Å². The maximum Gasteiger partial charge on any atom is 0.335 e. The molecule has 0 amide bonds. The first-order chi connectivity index (χ1) is 18.4. The van der Waals surface area contributed by atoms with Crippen molar-refractivity contribution in [3.05, 3.63) is 77.1 Å². The van der Waals surface area contributed by atoms with Crippen LogP contribution in [-0.4, -0.2) is 45.0 Å². The summed E-state index contributed by atoms with van der Waals surface area (Å²) in [6.07, 6.45) is 9.48. The molecule has 5 aromatic rings. The highest BCUT2D eigenvalue weighted by molar-refractivity contribution is 6.31. The molecule has 1 saturated carbocycles. The van der Waals surface area contributed by atoms with E-state index in [4.69, 9.17) is 11.6 Å². The number of nitrogens with zero attached hydrogens (tertiary/aromatic N) is 10. The number of halogens is 4. The van der Waals surface area contributed by atoms with E-state index in [9.17, 15) is 14.0 Å². The van der Waals surface area contributed by atoms with Crippen molar-refractivity contribution in [1.29, 1.82) is 0 Å². The summed E-state index contributed by atoms with van der Waals surface area (Å²) in [4.78, 5) is 0. The zero-order valence-electron chi connectivity index (χ0n) is 19.4. The molecule has 11 nitrogen and oxygen atoms in total. The molecule has 4 heterocycles. The molecular formula is C23H18ClF3N10O. The number of hydrogen-bond acceptors (Lipinski definition) is 7. The summed E-state index contributed by atoms with van der Waals surface area (Å²) < 4.78 is 45.8. The van der Waals surface area contributed by atoms with E-state index in [0.29, 0.717) is 38.7 Å². The smallest absolute Gasteiger partial charge is 0.335 e. The molecule has 38 heavy (non-hydrogen) atoms. The molecule has 1 fully saturated rings. The Morgan fingerprint density at radius 1 is 1.08 bits per heavy atom. The van der Waals surface area contributed by atoms with E-state index in [0.717, 1.165) is 12.8 Å². The van der Waals surface area contributed by atoms with Gasteiger partial charge in [-0.05, 0) is 41.0 Å². The predicted octanol–water partition coefficient (Wildman–Crippen LogP) is 3.99. The number of benzene rings is 1. The summed E-state index contributed by atoms with van der Waals surface area (Å²) in [5.74, 6) is -0.319. The fourth-order valence-electron chi connectivity index (χ4n) is 4.44. The average Bonchev–Trinajstić information content (AvgIpc) is 3.31. The Kier molecular flexibility index (Phi) is 6.02. The number of rotatable bonds is 8. The maximum atomic E-state index is 15.2. The molecule has 6 rings (SSSR count). The Bertz CT molecular complexity index is 1600. The van der Waals surface area contributed by atoms with Crippen LogP contribution in [0.5, 0.6) is 0 Å². The van der Waals surface area contributed by atoms with Gasteiger partial charge in [0.05, 0.1) is 39.9 Å². The Hall–Kier alpha value is -4.33. The van der Waals surface area contributed by atoms with E-state index >= 15 is 4.39 Å². The average molecular weight is 543 g/mol. The standard InChI is InChI=1S/C23H18ClF3N10O/c24-16-4-6-18(35-12-29-31-33-35)21(22(16)25)14-3-5-17(36(38)11-14)19(7-13-1-2-13)34-10-15(8-30-34)20-9-28-32-37(20)23(26)27/h3-6,8-13,19,23H,1-2,7H2/t19-/m1/s1. The number of alkyl halides is 2. The molecule has 0 saturated heterocycles. The Labute approximate surface area is 217 Å². The fraction of sp³-hybridized carbons (Fsp3) is 0.261. The van der Waals surface area contributed by atoms with Gasteiger partial charge in [0.2, 0.25) is 5.69 Å². The Morgan fingerprint density at radius 2 is 1.92 bits per heavy atom. The lowest BCUT2D eigenvalue weighted by atomic mass is 10.0. The van der Waals surface area contributed by atoms with Gasteiger partial charge < -0.3 is 5.21 Å². The summed E-state index contributed by atoms with van der Waals surface area (Å²) in [6, 6.07) is 5.67. The second-order valence-corrected chi connectivity index (χ2v) is 9.33. The van der Waals surface area contributed by atoms with Gasteiger partial charge >= 0.3 is 6.55 Å². The molecule has 1 aliphatic carbocycles. The molecule has 1 atom stereocenters. The summed E-state index contributed by atoms with van der Waals surface area (Å²) in [6.45, 7) is -2.86. The van der Waals surface area contributed by atoms with Crippen LogP contribution in [-0.2, 0) is 0 Å². The van der Waals surface area contributed by atoms with Gasteiger partial charge in [-0.1, -0.05) is 29.7 Å². The Morgan fingerprint density at radius 3 is 2.63 bits per heavy atom. The van der Waals surface area contributed by atoms with Crippen molar-refractivity contribution in [2.45, 2.75) is 31.9 Å². The number of tetrazole rings is 1. The molecular weight excluding hydrogens is 525 g/mol. The topological polar surface area (TPSA) is 119 Å². The lowest BCUT2D eigenvalue weighted by Gasteiger charge is -2.18. The zero-order valence-corrected chi connectivity index (χ0v) is 20.2.